The van der Waals surface area contributed by atoms with E-state index in [0.717, 1.165) is 22.3 Å². The zero-order chi connectivity index (χ0) is 16.2. The fourth-order valence-electron chi connectivity index (χ4n) is 2.36. The van der Waals surface area contributed by atoms with E-state index in [1.165, 1.54) is 0 Å². The molecule has 0 amide bonds. The molecule has 1 aromatic carbocycles. The number of thioether (sulfide) groups is 1. The Morgan fingerprint density at radius 3 is 2.54 bits per heavy atom. The van der Waals surface area contributed by atoms with Crippen molar-refractivity contribution in [3.05, 3.63) is 78.8 Å². The molecule has 0 radical (unpaired) electrons. The maximum atomic E-state index is 5.51. The highest BCUT2D eigenvalue weighted by Gasteiger charge is 2.17. The average molecular weight is 334 g/mol. The van der Waals surface area contributed by atoms with Crippen molar-refractivity contribution >= 4 is 11.8 Å². The number of para-hydroxylation sites is 1. The number of aromatic nitrogens is 4. The molecule has 0 fully saturated rings. The molecule has 0 N–H and O–H groups in total. The second-order valence-electron chi connectivity index (χ2n) is 5.06. The number of hydrogen-bond donors (Lipinski definition) is 0. The molecule has 4 aromatic rings. The van der Waals surface area contributed by atoms with Gasteiger partial charge < -0.3 is 4.42 Å². The van der Waals surface area contributed by atoms with Crippen molar-refractivity contribution in [1.82, 2.24) is 19.7 Å². The highest BCUT2D eigenvalue weighted by Crippen LogP contribution is 2.29. The predicted octanol–water partition coefficient (Wildman–Crippen LogP) is 4.21. The smallest absolute Gasteiger partial charge is 0.205 e. The average Bonchev–Trinajstić information content (AvgIpc) is 3.31. The molecule has 0 spiro atoms. The molecule has 6 heteroatoms. The summed E-state index contributed by atoms with van der Waals surface area (Å²) in [4.78, 5) is 4.36. The minimum absolute atomic E-state index is 0.690. The molecule has 24 heavy (non-hydrogen) atoms. The lowest BCUT2D eigenvalue weighted by molar-refractivity contribution is 0.575. The summed E-state index contributed by atoms with van der Waals surface area (Å²) < 4.78 is 7.52. The Morgan fingerprint density at radius 1 is 0.917 bits per heavy atom. The van der Waals surface area contributed by atoms with Gasteiger partial charge in [-0.3, -0.25) is 9.55 Å². The molecule has 4 rings (SSSR count). The summed E-state index contributed by atoms with van der Waals surface area (Å²) in [7, 11) is 0. The van der Waals surface area contributed by atoms with E-state index in [1.54, 1.807) is 24.2 Å². The van der Waals surface area contributed by atoms with Crippen LogP contribution in [0.1, 0.15) is 5.69 Å². The zero-order valence-corrected chi connectivity index (χ0v) is 13.6. The van der Waals surface area contributed by atoms with Crippen molar-refractivity contribution < 1.29 is 4.42 Å². The molecular weight excluding hydrogens is 320 g/mol. The molecule has 0 aliphatic rings. The van der Waals surface area contributed by atoms with Gasteiger partial charge >= 0.3 is 0 Å². The summed E-state index contributed by atoms with van der Waals surface area (Å²) in [5, 5.41) is 9.48. The molecule has 0 saturated heterocycles. The predicted molar refractivity (Wildman–Crippen MR) is 92.9 cm³/mol. The second-order valence-corrected chi connectivity index (χ2v) is 6.01. The Bertz CT molecular complexity index is 905. The van der Waals surface area contributed by atoms with Crippen LogP contribution in [0.25, 0.3) is 17.3 Å². The lowest BCUT2D eigenvalue weighted by atomic mass is 10.3. The van der Waals surface area contributed by atoms with Crippen molar-refractivity contribution in [3.8, 4) is 17.3 Å². The highest BCUT2D eigenvalue weighted by molar-refractivity contribution is 7.98. The molecule has 0 aliphatic heterocycles. The lowest BCUT2D eigenvalue weighted by Gasteiger charge is -2.08. The van der Waals surface area contributed by atoms with E-state index in [-0.39, 0.29) is 0 Å². The van der Waals surface area contributed by atoms with Gasteiger partial charge in [-0.15, -0.1) is 10.2 Å². The van der Waals surface area contributed by atoms with Crippen LogP contribution >= 0.6 is 11.8 Å². The van der Waals surface area contributed by atoms with Gasteiger partial charge in [-0.25, -0.2) is 0 Å². The molecule has 3 aromatic heterocycles. The summed E-state index contributed by atoms with van der Waals surface area (Å²) in [5.41, 5.74) is 2.00. The molecule has 0 saturated carbocycles. The third kappa shape index (κ3) is 2.96. The van der Waals surface area contributed by atoms with Crippen LogP contribution in [-0.4, -0.2) is 19.7 Å². The number of benzene rings is 1. The standard InChI is InChI=1S/C18H14N4OS/c1-2-8-15(9-3-1)22-17(16-10-6-12-23-16)20-21-18(22)24-13-14-7-4-5-11-19-14/h1-12H,13H2. The van der Waals surface area contributed by atoms with Crippen LogP contribution in [-0.2, 0) is 5.75 Å². The first-order valence-electron chi connectivity index (χ1n) is 7.49. The minimum atomic E-state index is 0.690. The van der Waals surface area contributed by atoms with E-state index in [2.05, 4.69) is 15.2 Å². The number of pyridine rings is 1. The maximum Gasteiger partial charge on any atom is 0.205 e. The van der Waals surface area contributed by atoms with Crippen LogP contribution in [0, 0.1) is 0 Å². The Kier molecular flexibility index (Phi) is 4.12. The monoisotopic (exact) mass is 334 g/mol. The van der Waals surface area contributed by atoms with Gasteiger partial charge in [0.25, 0.3) is 0 Å². The van der Waals surface area contributed by atoms with Crippen LogP contribution in [0.5, 0.6) is 0 Å². The molecule has 3 heterocycles. The van der Waals surface area contributed by atoms with Gasteiger partial charge in [0.1, 0.15) is 0 Å². The summed E-state index contributed by atoms with van der Waals surface area (Å²) in [5.74, 6) is 2.11. The molecule has 0 atom stereocenters. The van der Waals surface area contributed by atoms with Gasteiger partial charge in [-0.2, -0.15) is 0 Å². The first kappa shape index (κ1) is 14.7. The SMILES string of the molecule is c1ccc(-n2c(SCc3ccccn3)nnc2-c2ccco2)cc1. The van der Waals surface area contributed by atoms with Gasteiger partial charge in [-0.1, -0.05) is 36.0 Å². The van der Waals surface area contributed by atoms with Crippen molar-refractivity contribution in [2.24, 2.45) is 0 Å². The Balaban J connectivity index is 1.72. The van der Waals surface area contributed by atoms with E-state index in [9.17, 15) is 0 Å². The molecule has 0 aliphatic carbocycles. The first-order valence-corrected chi connectivity index (χ1v) is 8.48. The van der Waals surface area contributed by atoms with E-state index in [0.29, 0.717) is 11.6 Å². The Morgan fingerprint density at radius 2 is 1.79 bits per heavy atom. The van der Waals surface area contributed by atoms with E-state index < -0.39 is 0 Å². The normalized spacial score (nSPS) is 10.8. The van der Waals surface area contributed by atoms with Gasteiger partial charge in [0.15, 0.2) is 10.9 Å². The van der Waals surface area contributed by atoms with Gasteiger partial charge in [-0.05, 0) is 36.4 Å². The summed E-state index contributed by atoms with van der Waals surface area (Å²) in [6.45, 7) is 0. The maximum absolute atomic E-state index is 5.51. The van der Waals surface area contributed by atoms with Crippen LogP contribution in [0.4, 0.5) is 0 Å². The van der Waals surface area contributed by atoms with Crippen LogP contribution < -0.4 is 0 Å². The van der Waals surface area contributed by atoms with Gasteiger partial charge in [0, 0.05) is 17.6 Å². The van der Waals surface area contributed by atoms with Crippen molar-refractivity contribution in [3.63, 3.8) is 0 Å². The zero-order valence-electron chi connectivity index (χ0n) is 12.7. The van der Waals surface area contributed by atoms with Crippen molar-refractivity contribution in [2.75, 3.05) is 0 Å². The summed E-state index contributed by atoms with van der Waals surface area (Å²) in [6.07, 6.45) is 3.44. The summed E-state index contributed by atoms with van der Waals surface area (Å²) in [6, 6.07) is 19.7. The largest absolute Gasteiger partial charge is 0.461 e. The number of hydrogen-bond acceptors (Lipinski definition) is 5. The number of furan rings is 1. The fourth-order valence-corrected chi connectivity index (χ4v) is 3.23. The van der Waals surface area contributed by atoms with Crippen LogP contribution in [0.3, 0.4) is 0 Å². The molecule has 5 nitrogen and oxygen atoms in total. The topological polar surface area (TPSA) is 56.7 Å². The van der Waals surface area contributed by atoms with Crippen LogP contribution in [0.15, 0.2) is 82.7 Å². The molecule has 0 bridgehead atoms. The lowest BCUT2D eigenvalue weighted by Crippen LogP contribution is -1.99. The van der Waals surface area contributed by atoms with Crippen LogP contribution in [0.2, 0.25) is 0 Å². The quantitative estimate of drug-likeness (QED) is 0.512. The highest BCUT2D eigenvalue weighted by atomic mass is 32.2. The molecule has 0 unspecified atom stereocenters. The third-order valence-electron chi connectivity index (χ3n) is 3.46. The first-order chi connectivity index (χ1) is 11.9. The van der Waals surface area contributed by atoms with Crippen molar-refractivity contribution in [1.29, 1.82) is 0 Å². The molecule has 118 valence electrons. The Hall–Kier alpha value is -2.86. The minimum Gasteiger partial charge on any atom is -0.461 e. The van der Waals surface area contributed by atoms with E-state index in [4.69, 9.17) is 4.42 Å². The Labute approximate surface area is 143 Å². The number of rotatable bonds is 5. The fraction of sp³-hybridized carbons (Fsp3) is 0.0556. The van der Waals surface area contributed by atoms with Gasteiger partial charge in [0.2, 0.25) is 5.82 Å². The van der Waals surface area contributed by atoms with Gasteiger partial charge in [0.05, 0.1) is 12.0 Å². The van der Waals surface area contributed by atoms with E-state index in [1.807, 2.05) is 65.2 Å². The summed E-state index contributed by atoms with van der Waals surface area (Å²) >= 11 is 1.60. The number of nitrogens with zero attached hydrogens (tertiary/aromatic N) is 4. The molecular formula is C18H14N4OS. The van der Waals surface area contributed by atoms with E-state index >= 15 is 0 Å². The van der Waals surface area contributed by atoms with Crippen molar-refractivity contribution in [2.45, 2.75) is 10.9 Å². The second kappa shape index (κ2) is 6.72. The third-order valence-corrected chi connectivity index (χ3v) is 4.43.